The van der Waals surface area contributed by atoms with Crippen molar-refractivity contribution in [2.75, 3.05) is 0 Å². The van der Waals surface area contributed by atoms with Gasteiger partial charge in [0.15, 0.2) is 0 Å². The summed E-state index contributed by atoms with van der Waals surface area (Å²) < 4.78 is 1.85. The molecule has 1 rings (SSSR count). The first kappa shape index (κ1) is 11.7. The Hall–Kier alpha value is -1.36. The molecule has 0 saturated carbocycles. The van der Waals surface area contributed by atoms with Crippen molar-refractivity contribution in [3.8, 4) is 0 Å². The number of rotatable bonds is 5. The van der Waals surface area contributed by atoms with Gasteiger partial charge in [-0.15, -0.1) is 0 Å². The van der Waals surface area contributed by atoms with Gasteiger partial charge in [0.05, 0.1) is 12.1 Å². The summed E-state index contributed by atoms with van der Waals surface area (Å²) in [5.74, 6) is -0.338. The second kappa shape index (κ2) is 4.93. The number of hydrogen-bond acceptors (Lipinski definition) is 3. The Labute approximate surface area is 89.6 Å². The molecule has 84 valence electrons. The van der Waals surface area contributed by atoms with Gasteiger partial charge in [-0.25, -0.2) is 0 Å². The molecule has 0 spiro atoms. The molecular weight excluding hydrogens is 192 g/mol. The SMILES string of the molecule is C[C@H](N[C@@H](C)[C@H](C)n1cccn1)C(N)=O. The van der Waals surface area contributed by atoms with Gasteiger partial charge >= 0.3 is 0 Å². The molecule has 3 N–H and O–H groups in total. The molecule has 0 aromatic carbocycles. The maximum atomic E-state index is 10.9. The van der Waals surface area contributed by atoms with Gasteiger partial charge in [-0.3, -0.25) is 9.48 Å². The third-order valence-electron chi connectivity index (χ3n) is 2.61. The van der Waals surface area contributed by atoms with E-state index in [4.69, 9.17) is 5.73 Å². The predicted octanol–water partition coefficient (Wildman–Crippen LogP) is 0.296. The van der Waals surface area contributed by atoms with E-state index in [2.05, 4.69) is 10.4 Å². The molecule has 0 saturated heterocycles. The molecule has 1 heterocycles. The van der Waals surface area contributed by atoms with E-state index in [9.17, 15) is 4.79 Å². The molecule has 15 heavy (non-hydrogen) atoms. The number of amides is 1. The fourth-order valence-corrected chi connectivity index (χ4v) is 1.37. The van der Waals surface area contributed by atoms with Crippen molar-refractivity contribution in [1.82, 2.24) is 15.1 Å². The monoisotopic (exact) mass is 210 g/mol. The molecular formula is C10H18N4O. The van der Waals surface area contributed by atoms with Crippen LogP contribution in [0.25, 0.3) is 0 Å². The molecule has 1 amide bonds. The van der Waals surface area contributed by atoms with Gasteiger partial charge in [-0.2, -0.15) is 5.10 Å². The first-order valence-electron chi connectivity index (χ1n) is 5.07. The zero-order chi connectivity index (χ0) is 11.4. The van der Waals surface area contributed by atoms with Crippen LogP contribution in [0.5, 0.6) is 0 Å². The molecule has 0 aliphatic rings. The van der Waals surface area contributed by atoms with Crippen LogP contribution in [0.15, 0.2) is 18.5 Å². The van der Waals surface area contributed by atoms with E-state index in [1.807, 2.05) is 30.8 Å². The van der Waals surface area contributed by atoms with Gasteiger partial charge in [-0.1, -0.05) is 0 Å². The third-order valence-corrected chi connectivity index (χ3v) is 2.61. The standard InChI is InChI=1S/C10H18N4O/c1-7(13-8(2)10(11)15)9(3)14-6-4-5-12-14/h4-9,13H,1-3H3,(H2,11,15)/t7-,8-,9-/m0/s1. The summed E-state index contributed by atoms with van der Waals surface area (Å²) >= 11 is 0. The first-order valence-corrected chi connectivity index (χ1v) is 5.07. The Morgan fingerprint density at radius 1 is 1.47 bits per heavy atom. The Morgan fingerprint density at radius 3 is 2.60 bits per heavy atom. The van der Waals surface area contributed by atoms with Crippen molar-refractivity contribution in [2.45, 2.75) is 38.9 Å². The lowest BCUT2D eigenvalue weighted by Crippen LogP contribution is -2.46. The van der Waals surface area contributed by atoms with Crippen LogP contribution in [0.3, 0.4) is 0 Å². The maximum Gasteiger partial charge on any atom is 0.234 e. The molecule has 0 radical (unpaired) electrons. The summed E-state index contributed by atoms with van der Waals surface area (Å²) in [7, 11) is 0. The van der Waals surface area contributed by atoms with Gasteiger partial charge in [0.25, 0.3) is 0 Å². The third kappa shape index (κ3) is 3.06. The van der Waals surface area contributed by atoms with Crippen molar-refractivity contribution in [3.63, 3.8) is 0 Å². The summed E-state index contributed by atoms with van der Waals surface area (Å²) in [6.45, 7) is 5.80. The number of nitrogens with two attached hydrogens (primary N) is 1. The molecule has 0 fully saturated rings. The highest BCUT2D eigenvalue weighted by molar-refractivity contribution is 5.79. The number of nitrogens with zero attached hydrogens (tertiary/aromatic N) is 2. The molecule has 0 unspecified atom stereocenters. The van der Waals surface area contributed by atoms with Crippen LogP contribution < -0.4 is 11.1 Å². The van der Waals surface area contributed by atoms with Crippen molar-refractivity contribution in [2.24, 2.45) is 5.73 Å². The Kier molecular flexibility index (Phi) is 3.85. The van der Waals surface area contributed by atoms with E-state index in [1.165, 1.54) is 0 Å². The first-order chi connectivity index (χ1) is 7.02. The van der Waals surface area contributed by atoms with Gasteiger partial charge in [0.1, 0.15) is 0 Å². The zero-order valence-corrected chi connectivity index (χ0v) is 9.34. The number of nitrogens with one attached hydrogen (secondary N) is 1. The van der Waals surface area contributed by atoms with Crippen molar-refractivity contribution in [1.29, 1.82) is 0 Å². The van der Waals surface area contributed by atoms with Crippen molar-refractivity contribution in [3.05, 3.63) is 18.5 Å². The molecule has 3 atom stereocenters. The van der Waals surface area contributed by atoms with Gasteiger partial charge in [-0.05, 0) is 26.8 Å². The zero-order valence-electron chi connectivity index (χ0n) is 9.34. The molecule has 1 aromatic heterocycles. The normalized spacial score (nSPS) is 17.0. The van der Waals surface area contributed by atoms with Gasteiger partial charge in [0.2, 0.25) is 5.91 Å². The van der Waals surface area contributed by atoms with Crippen molar-refractivity contribution >= 4 is 5.91 Å². The summed E-state index contributed by atoms with van der Waals surface area (Å²) in [6.07, 6.45) is 3.64. The lowest BCUT2D eigenvalue weighted by Gasteiger charge is -2.24. The summed E-state index contributed by atoms with van der Waals surface area (Å²) in [5, 5.41) is 7.28. The largest absolute Gasteiger partial charge is 0.368 e. The second-order valence-corrected chi connectivity index (χ2v) is 3.81. The van der Waals surface area contributed by atoms with Gasteiger partial charge < -0.3 is 11.1 Å². The number of hydrogen-bond donors (Lipinski definition) is 2. The Balaban J connectivity index is 2.54. The van der Waals surface area contributed by atoms with Crippen LogP contribution in [0, 0.1) is 0 Å². The fraction of sp³-hybridized carbons (Fsp3) is 0.600. The number of primary amides is 1. The van der Waals surface area contributed by atoms with Crippen LogP contribution in [0.1, 0.15) is 26.8 Å². The smallest absolute Gasteiger partial charge is 0.234 e. The lowest BCUT2D eigenvalue weighted by molar-refractivity contribution is -0.119. The van der Waals surface area contributed by atoms with Crippen LogP contribution in [-0.2, 0) is 4.79 Å². The van der Waals surface area contributed by atoms with Crippen molar-refractivity contribution < 1.29 is 4.79 Å². The van der Waals surface area contributed by atoms with Crippen LogP contribution in [0.4, 0.5) is 0 Å². The molecule has 5 nitrogen and oxygen atoms in total. The highest BCUT2D eigenvalue weighted by Crippen LogP contribution is 2.09. The lowest BCUT2D eigenvalue weighted by atomic mass is 10.1. The van der Waals surface area contributed by atoms with Crippen LogP contribution >= 0.6 is 0 Å². The fourth-order valence-electron chi connectivity index (χ4n) is 1.37. The quantitative estimate of drug-likeness (QED) is 0.734. The number of aromatic nitrogens is 2. The molecule has 0 bridgehead atoms. The van der Waals surface area contributed by atoms with E-state index in [1.54, 1.807) is 13.1 Å². The topological polar surface area (TPSA) is 72.9 Å². The van der Waals surface area contributed by atoms with E-state index in [-0.39, 0.29) is 24.0 Å². The minimum atomic E-state index is -0.338. The van der Waals surface area contributed by atoms with Crippen LogP contribution in [-0.4, -0.2) is 27.8 Å². The highest BCUT2D eigenvalue weighted by Gasteiger charge is 2.18. The molecule has 0 aliphatic heterocycles. The Morgan fingerprint density at radius 2 is 2.13 bits per heavy atom. The second-order valence-electron chi connectivity index (χ2n) is 3.81. The predicted molar refractivity (Wildman–Crippen MR) is 58.2 cm³/mol. The average molecular weight is 210 g/mol. The summed E-state index contributed by atoms with van der Waals surface area (Å²) in [6, 6.07) is 1.87. The van der Waals surface area contributed by atoms with E-state index in [0.717, 1.165) is 0 Å². The van der Waals surface area contributed by atoms with Crippen LogP contribution in [0.2, 0.25) is 0 Å². The number of carbonyl (C=O) groups is 1. The highest BCUT2D eigenvalue weighted by atomic mass is 16.1. The molecule has 1 aromatic rings. The van der Waals surface area contributed by atoms with E-state index < -0.39 is 0 Å². The summed E-state index contributed by atoms with van der Waals surface area (Å²) in [4.78, 5) is 10.9. The minimum absolute atomic E-state index is 0.132. The average Bonchev–Trinajstić information content (AvgIpc) is 2.68. The summed E-state index contributed by atoms with van der Waals surface area (Å²) in [5.41, 5.74) is 5.18. The Bertz CT molecular complexity index is 309. The van der Waals surface area contributed by atoms with E-state index in [0.29, 0.717) is 0 Å². The minimum Gasteiger partial charge on any atom is -0.368 e. The molecule has 0 aliphatic carbocycles. The molecule has 5 heteroatoms. The number of carbonyl (C=O) groups excluding carboxylic acids is 1. The van der Waals surface area contributed by atoms with E-state index >= 15 is 0 Å². The van der Waals surface area contributed by atoms with Gasteiger partial charge in [0, 0.05) is 18.4 Å². The maximum absolute atomic E-state index is 10.9.